The first kappa shape index (κ1) is 27.9. The van der Waals surface area contributed by atoms with Gasteiger partial charge in [0.2, 0.25) is 0 Å². The average Bonchev–Trinajstić information content (AvgIpc) is 2.76. The maximum Gasteiger partial charge on any atom is -0.0348 e. The molecule has 166 valence electrons. The first-order valence-electron chi connectivity index (χ1n) is 12.2. The molecule has 0 aromatic rings. The van der Waals surface area contributed by atoms with Gasteiger partial charge in [0.15, 0.2) is 0 Å². The monoisotopic (exact) mass is 406 g/mol. The molecule has 0 unspecified atom stereocenters. The van der Waals surface area contributed by atoms with Crippen molar-refractivity contribution in [3.63, 3.8) is 0 Å². The van der Waals surface area contributed by atoms with Gasteiger partial charge in [-0.15, -0.1) is 0 Å². The van der Waals surface area contributed by atoms with Crippen LogP contribution in [0, 0.1) is 0 Å². The lowest BCUT2D eigenvalue weighted by Gasteiger charge is -2.02. The highest BCUT2D eigenvalue weighted by Crippen LogP contribution is 2.12. The fourth-order valence-corrected chi connectivity index (χ4v) is 3.06. The summed E-state index contributed by atoms with van der Waals surface area (Å²) >= 11 is 0. The van der Waals surface area contributed by atoms with Crippen molar-refractivity contribution in [2.75, 3.05) is 0 Å². The maximum atomic E-state index is 3.63. The van der Waals surface area contributed by atoms with Crippen molar-refractivity contribution in [3.05, 3.63) is 97.7 Å². The minimum Gasteiger partial charge on any atom is -0.0991 e. The van der Waals surface area contributed by atoms with Crippen LogP contribution in [-0.4, -0.2) is 0 Å². The Morgan fingerprint density at radius 3 is 1.13 bits per heavy atom. The molecule has 0 rings (SSSR count). The quantitative estimate of drug-likeness (QED) is 0.139. The van der Waals surface area contributed by atoms with Gasteiger partial charge in [-0.25, -0.2) is 0 Å². The molecule has 0 bridgehead atoms. The van der Waals surface area contributed by atoms with E-state index in [1.165, 1.54) is 83.5 Å². The summed E-state index contributed by atoms with van der Waals surface area (Å²) in [5.41, 5.74) is 0. The normalized spacial score (nSPS) is 13.1. The highest BCUT2D eigenvalue weighted by atomic mass is 14.0. The van der Waals surface area contributed by atoms with Crippen LogP contribution in [0.4, 0.5) is 0 Å². The van der Waals surface area contributed by atoms with Gasteiger partial charge in [-0.3, -0.25) is 0 Å². The van der Waals surface area contributed by atoms with Crippen LogP contribution in [-0.2, 0) is 0 Å². The third-order valence-corrected chi connectivity index (χ3v) is 4.83. The minimum atomic E-state index is 1.20. The average molecular weight is 407 g/mol. The molecule has 0 heteroatoms. The van der Waals surface area contributed by atoms with Gasteiger partial charge in [0.05, 0.1) is 0 Å². The summed E-state index contributed by atoms with van der Waals surface area (Å²) in [7, 11) is 0. The Balaban J connectivity index is 3.46. The molecule has 0 saturated carbocycles. The van der Waals surface area contributed by atoms with E-state index >= 15 is 0 Å². The van der Waals surface area contributed by atoms with Crippen molar-refractivity contribution in [2.45, 2.75) is 90.4 Å². The first-order valence-corrected chi connectivity index (χ1v) is 12.2. The van der Waals surface area contributed by atoms with Gasteiger partial charge in [0.25, 0.3) is 0 Å². The van der Waals surface area contributed by atoms with Crippen molar-refractivity contribution in [3.8, 4) is 0 Å². The summed E-state index contributed by atoms with van der Waals surface area (Å²) < 4.78 is 0. The van der Waals surface area contributed by atoms with Gasteiger partial charge in [0.1, 0.15) is 0 Å². The Morgan fingerprint density at radius 2 is 0.733 bits per heavy atom. The van der Waals surface area contributed by atoms with E-state index in [4.69, 9.17) is 0 Å². The SMILES string of the molecule is C=C/C=C/C=C/C=C/C=C/C=C/C=C/C=C/CCCCCCCCCCCCCC. The molecule has 30 heavy (non-hydrogen) atoms. The molecule has 0 saturated heterocycles. The molecule has 0 heterocycles. The summed E-state index contributed by atoms with van der Waals surface area (Å²) in [6.07, 6.45) is 48.6. The molecule has 0 fully saturated rings. The second kappa shape index (κ2) is 26.9. The van der Waals surface area contributed by atoms with Gasteiger partial charge in [0, 0.05) is 0 Å². The number of unbranched alkanes of at least 4 members (excludes halogenated alkanes) is 12. The molecule has 0 aliphatic carbocycles. The second-order valence-corrected chi connectivity index (χ2v) is 7.65. The maximum absolute atomic E-state index is 3.63. The van der Waals surface area contributed by atoms with Crippen LogP contribution < -0.4 is 0 Å². The third kappa shape index (κ3) is 25.9. The molecule has 0 atom stereocenters. The Labute approximate surface area is 188 Å². The van der Waals surface area contributed by atoms with Gasteiger partial charge in [-0.2, -0.15) is 0 Å². The molecular weight excluding hydrogens is 360 g/mol. The molecule has 0 radical (unpaired) electrons. The van der Waals surface area contributed by atoms with Crippen LogP contribution in [0.25, 0.3) is 0 Å². The van der Waals surface area contributed by atoms with Crippen LogP contribution in [0.1, 0.15) is 90.4 Å². The number of hydrogen-bond donors (Lipinski definition) is 0. The smallest absolute Gasteiger partial charge is 0.0348 e. The van der Waals surface area contributed by atoms with E-state index in [1.54, 1.807) is 6.08 Å². The van der Waals surface area contributed by atoms with E-state index in [1.807, 2.05) is 54.7 Å². The van der Waals surface area contributed by atoms with Crippen molar-refractivity contribution in [1.82, 2.24) is 0 Å². The van der Waals surface area contributed by atoms with Crippen molar-refractivity contribution >= 4 is 0 Å². The zero-order valence-electron chi connectivity index (χ0n) is 19.6. The van der Waals surface area contributed by atoms with Crippen LogP contribution in [0.2, 0.25) is 0 Å². The summed E-state index contributed by atoms with van der Waals surface area (Å²) in [5, 5.41) is 0. The number of allylic oxidation sites excluding steroid dienone is 15. The first-order chi connectivity index (χ1) is 14.9. The van der Waals surface area contributed by atoms with Gasteiger partial charge in [-0.1, -0.05) is 175 Å². The van der Waals surface area contributed by atoms with Crippen molar-refractivity contribution < 1.29 is 0 Å². The molecular formula is C30H46. The topological polar surface area (TPSA) is 0 Å². The standard InChI is InChI=1S/C30H46/c1-3-5-7-9-11-13-15-17-19-21-23-25-27-29-30-28-26-24-22-20-18-16-14-12-10-8-6-4-2/h3,5,7,9,11,13,15,17,19,21,23,25,27,29-30H,1,4,6,8,10,12,14,16,18,20,22,24,26,28H2,2H3/b7-5+,11-9+,15-13+,19-17+,23-21+,27-25+,30-29+. The zero-order valence-corrected chi connectivity index (χ0v) is 19.6. The second-order valence-electron chi connectivity index (χ2n) is 7.65. The lowest BCUT2D eigenvalue weighted by Crippen LogP contribution is -1.82. The summed E-state index contributed by atoms with van der Waals surface area (Å²) in [6.45, 7) is 5.91. The highest BCUT2D eigenvalue weighted by molar-refractivity contribution is 5.21. The molecule has 0 aromatic heterocycles. The minimum absolute atomic E-state index is 1.20. The summed E-state index contributed by atoms with van der Waals surface area (Å²) in [6, 6.07) is 0. The Hall–Kier alpha value is -2.08. The van der Waals surface area contributed by atoms with E-state index in [9.17, 15) is 0 Å². The van der Waals surface area contributed by atoms with Crippen LogP contribution in [0.15, 0.2) is 97.7 Å². The molecule has 0 N–H and O–H groups in total. The lowest BCUT2D eigenvalue weighted by molar-refractivity contribution is 0.545. The highest BCUT2D eigenvalue weighted by Gasteiger charge is 1.92. The van der Waals surface area contributed by atoms with Gasteiger partial charge < -0.3 is 0 Å². The molecule has 0 aromatic carbocycles. The molecule has 0 aliphatic heterocycles. The van der Waals surface area contributed by atoms with E-state index in [0.717, 1.165) is 0 Å². The predicted octanol–water partition coefficient (Wildman–Crippen LogP) is 10.2. The lowest BCUT2D eigenvalue weighted by atomic mass is 10.0. The number of rotatable bonds is 20. The van der Waals surface area contributed by atoms with Crippen molar-refractivity contribution in [2.24, 2.45) is 0 Å². The zero-order chi connectivity index (χ0) is 21.8. The van der Waals surface area contributed by atoms with Crippen LogP contribution in [0.3, 0.4) is 0 Å². The fourth-order valence-electron chi connectivity index (χ4n) is 3.06. The molecule has 0 amide bonds. The van der Waals surface area contributed by atoms with E-state index < -0.39 is 0 Å². The van der Waals surface area contributed by atoms with Crippen LogP contribution >= 0.6 is 0 Å². The van der Waals surface area contributed by atoms with Crippen molar-refractivity contribution in [1.29, 1.82) is 0 Å². The Kier molecular flexibility index (Phi) is 25.1. The Bertz CT molecular complexity index is 549. The summed E-state index contributed by atoms with van der Waals surface area (Å²) in [4.78, 5) is 0. The van der Waals surface area contributed by atoms with Gasteiger partial charge in [-0.05, 0) is 12.8 Å². The van der Waals surface area contributed by atoms with Gasteiger partial charge >= 0.3 is 0 Å². The molecule has 0 spiro atoms. The third-order valence-electron chi connectivity index (χ3n) is 4.83. The largest absolute Gasteiger partial charge is 0.0991 e. The fraction of sp³-hybridized carbons (Fsp3) is 0.467. The Morgan fingerprint density at radius 1 is 0.400 bits per heavy atom. The van der Waals surface area contributed by atoms with E-state index in [-0.39, 0.29) is 0 Å². The van der Waals surface area contributed by atoms with E-state index in [2.05, 4.69) is 43.9 Å². The summed E-state index contributed by atoms with van der Waals surface area (Å²) in [5.74, 6) is 0. The number of hydrogen-bond acceptors (Lipinski definition) is 0. The predicted molar refractivity (Wildman–Crippen MR) is 140 cm³/mol. The van der Waals surface area contributed by atoms with Crippen LogP contribution in [0.5, 0.6) is 0 Å². The van der Waals surface area contributed by atoms with E-state index in [0.29, 0.717) is 0 Å². The molecule has 0 aliphatic rings. The molecule has 0 nitrogen and oxygen atoms in total.